The zero-order valence-corrected chi connectivity index (χ0v) is 12.7. The molecule has 0 amide bonds. The van der Waals surface area contributed by atoms with Gasteiger partial charge in [-0.15, -0.1) is 0 Å². The largest absolute Gasteiger partial charge is 0.495 e. The molecule has 22 heavy (non-hydrogen) atoms. The second-order valence-corrected chi connectivity index (χ2v) is 6.29. The highest BCUT2D eigenvalue weighted by Crippen LogP contribution is 2.27. The first-order chi connectivity index (χ1) is 10.6. The molecule has 0 saturated carbocycles. The van der Waals surface area contributed by atoms with Gasteiger partial charge in [-0.05, 0) is 24.3 Å². The number of sulfonamides is 1. The van der Waals surface area contributed by atoms with Crippen LogP contribution in [0.25, 0.3) is 10.9 Å². The maximum atomic E-state index is 12.6. The first-order valence-electron chi connectivity index (χ1n) is 6.61. The highest BCUT2D eigenvalue weighted by molar-refractivity contribution is 7.92. The molecule has 112 valence electrons. The number of ether oxygens (including phenoxy) is 1. The Balaban J connectivity index is 2.07. The minimum atomic E-state index is -3.76. The van der Waals surface area contributed by atoms with Gasteiger partial charge in [0.15, 0.2) is 0 Å². The van der Waals surface area contributed by atoms with Crippen LogP contribution in [0.4, 0.5) is 5.69 Å². The van der Waals surface area contributed by atoms with E-state index in [1.54, 1.807) is 42.6 Å². The minimum Gasteiger partial charge on any atom is -0.495 e. The normalized spacial score (nSPS) is 11.3. The lowest BCUT2D eigenvalue weighted by Crippen LogP contribution is -2.14. The third-order valence-electron chi connectivity index (χ3n) is 3.24. The van der Waals surface area contributed by atoms with Crippen molar-refractivity contribution in [3.8, 4) is 5.75 Å². The van der Waals surface area contributed by atoms with Gasteiger partial charge in [-0.25, -0.2) is 8.42 Å². The van der Waals surface area contributed by atoms with E-state index in [-0.39, 0.29) is 4.90 Å². The van der Waals surface area contributed by atoms with E-state index in [0.29, 0.717) is 17.0 Å². The van der Waals surface area contributed by atoms with Crippen molar-refractivity contribution in [2.45, 2.75) is 4.90 Å². The first kappa shape index (κ1) is 14.3. The fourth-order valence-corrected chi connectivity index (χ4v) is 3.47. The fourth-order valence-electron chi connectivity index (χ4n) is 2.23. The monoisotopic (exact) mass is 314 g/mol. The highest BCUT2D eigenvalue weighted by atomic mass is 32.2. The molecule has 2 aromatic carbocycles. The van der Waals surface area contributed by atoms with E-state index in [4.69, 9.17) is 4.74 Å². The standard InChI is InChI=1S/C16H14N2O3S/c1-21-14-9-2-3-10-15(14)22(19,20)18-13-8-4-6-12-7-5-11-17-16(12)13/h2-11,18H,1H3. The van der Waals surface area contributed by atoms with E-state index in [1.165, 1.54) is 13.2 Å². The molecule has 3 aromatic rings. The first-order valence-corrected chi connectivity index (χ1v) is 8.10. The molecule has 0 bridgehead atoms. The number of methoxy groups -OCH3 is 1. The number of fused-ring (bicyclic) bond motifs is 1. The number of nitrogens with one attached hydrogen (secondary N) is 1. The number of hydrogen-bond acceptors (Lipinski definition) is 4. The van der Waals surface area contributed by atoms with Crippen LogP contribution in [0.3, 0.4) is 0 Å². The summed E-state index contributed by atoms with van der Waals surface area (Å²) in [6.07, 6.45) is 1.63. The third-order valence-corrected chi connectivity index (χ3v) is 4.64. The molecular formula is C16H14N2O3S. The fraction of sp³-hybridized carbons (Fsp3) is 0.0625. The van der Waals surface area contributed by atoms with Gasteiger partial charge in [0.1, 0.15) is 10.6 Å². The molecule has 5 nitrogen and oxygen atoms in total. The molecule has 1 heterocycles. The van der Waals surface area contributed by atoms with Gasteiger partial charge < -0.3 is 4.74 Å². The Hall–Kier alpha value is -2.60. The molecule has 0 spiro atoms. The number of para-hydroxylation sites is 2. The lowest BCUT2D eigenvalue weighted by Gasteiger charge is -2.12. The van der Waals surface area contributed by atoms with Crippen molar-refractivity contribution in [1.82, 2.24) is 4.98 Å². The van der Waals surface area contributed by atoms with E-state index in [2.05, 4.69) is 9.71 Å². The van der Waals surface area contributed by atoms with Crippen molar-refractivity contribution in [3.05, 3.63) is 60.8 Å². The Morgan fingerprint density at radius 1 is 1.00 bits per heavy atom. The average Bonchev–Trinajstić information content (AvgIpc) is 2.55. The van der Waals surface area contributed by atoms with Gasteiger partial charge >= 0.3 is 0 Å². The predicted octanol–water partition coefficient (Wildman–Crippen LogP) is 3.04. The van der Waals surface area contributed by atoms with Crippen LogP contribution < -0.4 is 9.46 Å². The van der Waals surface area contributed by atoms with Gasteiger partial charge in [0.2, 0.25) is 0 Å². The van der Waals surface area contributed by atoms with Crippen LogP contribution in [0.1, 0.15) is 0 Å². The summed E-state index contributed by atoms with van der Waals surface area (Å²) in [5.41, 5.74) is 1.03. The van der Waals surface area contributed by atoms with Gasteiger partial charge in [-0.2, -0.15) is 0 Å². The van der Waals surface area contributed by atoms with Crippen molar-refractivity contribution < 1.29 is 13.2 Å². The molecule has 0 aliphatic rings. The molecule has 1 aromatic heterocycles. The number of aromatic nitrogens is 1. The maximum Gasteiger partial charge on any atom is 0.265 e. The molecule has 3 rings (SSSR count). The van der Waals surface area contributed by atoms with Crippen molar-refractivity contribution in [2.75, 3.05) is 11.8 Å². The Kier molecular flexibility index (Phi) is 3.68. The molecule has 1 N–H and O–H groups in total. The minimum absolute atomic E-state index is 0.0884. The molecule has 0 unspecified atom stereocenters. The predicted molar refractivity (Wildman–Crippen MR) is 85.5 cm³/mol. The Labute approximate surface area is 128 Å². The summed E-state index contributed by atoms with van der Waals surface area (Å²) in [4.78, 5) is 4.33. The Bertz CT molecular complexity index is 918. The van der Waals surface area contributed by atoms with Crippen LogP contribution in [0, 0.1) is 0 Å². The summed E-state index contributed by atoms with van der Waals surface area (Å²) < 4.78 is 32.9. The number of benzene rings is 2. The molecule has 0 atom stereocenters. The zero-order valence-electron chi connectivity index (χ0n) is 11.9. The summed E-state index contributed by atoms with van der Waals surface area (Å²) in [5.74, 6) is 0.295. The average molecular weight is 314 g/mol. The van der Waals surface area contributed by atoms with E-state index in [0.717, 1.165) is 5.39 Å². The summed E-state index contributed by atoms with van der Waals surface area (Å²) in [6.45, 7) is 0. The zero-order chi connectivity index (χ0) is 15.6. The second kappa shape index (κ2) is 5.65. The molecule has 0 aliphatic heterocycles. The number of pyridine rings is 1. The second-order valence-electron chi connectivity index (χ2n) is 4.64. The maximum absolute atomic E-state index is 12.6. The molecule has 0 radical (unpaired) electrons. The van der Waals surface area contributed by atoms with Gasteiger partial charge in [0.05, 0.1) is 18.3 Å². The van der Waals surface area contributed by atoms with Gasteiger partial charge in [0.25, 0.3) is 10.0 Å². The summed E-state index contributed by atoms with van der Waals surface area (Å²) in [6, 6.07) is 15.5. The highest BCUT2D eigenvalue weighted by Gasteiger charge is 2.20. The van der Waals surface area contributed by atoms with Crippen molar-refractivity contribution in [3.63, 3.8) is 0 Å². The van der Waals surface area contributed by atoms with Gasteiger partial charge in [-0.3, -0.25) is 9.71 Å². The Morgan fingerprint density at radius 3 is 2.59 bits per heavy atom. The van der Waals surface area contributed by atoms with Crippen LogP contribution in [-0.4, -0.2) is 20.5 Å². The topological polar surface area (TPSA) is 68.3 Å². The van der Waals surface area contributed by atoms with Crippen LogP contribution >= 0.6 is 0 Å². The van der Waals surface area contributed by atoms with Crippen LogP contribution in [0.5, 0.6) is 5.75 Å². The lowest BCUT2D eigenvalue weighted by atomic mass is 10.2. The number of nitrogens with zero attached hydrogens (tertiary/aromatic N) is 1. The van der Waals surface area contributed by atoms with Crippen LogP contribution in [-0.2, 0) is 10.0 Å². The molecule has 0 saturated heterocycles. The summed E-state index contributed by atoms with van der Waals surface area (Å²) >= 11 is 0. The SMILES string of the molecule is COc1ccccc1S(=O)(=O)Nc1cccc2cccnc12. The van der Waals surface area contributed by atoms with E-state index in [9.17, 15) is 8.42 Å². The smallest absolute Gasteiger partial charge is 0.265 e. The van der Waals surface area contributed by atoms with Crippen LogP contribution in [0.2, 0.25) is 0 Å². The van der Waals surface area contributed by atoms with E-state index < -0.39 is 10.0 Å². The molecular weight excluding hydrogens is 300 g/mol. The Morgan fingerprint density at radius 2 is 1.77 bits per heavy atom. The number of hydrogen-bond donors (Lipinski definition) is 1. The van der Waals surface area contributed by atoms with Crippen molar-refractivity contribution in [2.24, 2.45) is 0 Å². The van der Waals surface area contributed by atoms with Gasteiger partial charge in [-0.1, -0.05) is 30.3 Å². The summed E-state index contributed by atoms with van der Waals surface area (Å²) in [7, 11) is -2.32. The summed E-state index contributed by atoms with van der Waals surface area (Å²) in [5, 5.41) is 0.864. The lowest BCUT2D eigenvalue weighted by molar-refractivity contribution is 0.403. The number of rotatable bonds is 4. The number of anilines is 1. The van der Waals surface area contributed by atoms with Gasteiger partial charge in [0, 0.05) is 11.6 Å². The molecule has 0 aliphatic carbocycles. The van der Waals surface area contributed by atoms with E-state index >= 15 is 0 Å². The third kappa shape index (κ3) is 2.60. The van der Waals surface area contributed by atoms with E-state index in [1.807, 2.05) is 12.1 Å². The molecule has 6 heteroatoms. The van der Waals surface area contributed by atoms with Crippen molar-refractivity contribution >= 4 is 26.6 Å². The van der Waals surface area contributed by atoms with Crippen molar-refractivity contribution in [1.29, 1.82) is 0 Å². The molecule has 0 fully saturated rings. The quantitative estimate of drug-likeness (QED) is 0.803. The van der Waals surface area contributed by atoms with Crippen LogP contribution in [0.15, 0.2) is 65.7 Å².